The van der Waals surface area contributed by atoms with Crippen LogP contribution in [0.2, 0.25) is 0 Å². The molecule has 2 N–H and O–H groups in total. The predicted octanol–water partition coefficient (Wildman–Crippen LogP) is 2.87. The molecule has 0 saturated carbocycles. The highest BCUT2D eigenvalue weighted by Gasteiger charge is 2.15. The van der Waals surface area contributed by atoms with Crippen LogP contribution in [-0.2, 0) is 0 Å². The summed E-state index contributed by atoms with van der Waals surface area (Å²) in [5.74, 6) is 0.603. The number of carbonyl (C=O) groups is 1. The van der Waals surface area contributed by atoms with Crippen molar-refractivity contribution in [2.24, 2.45) is 5.92 Å². The van der Waals surface area contributed by atoms with E-state index >= 15 is 0 Å². The third kappa shape index (κ3) is 4.08. The van der Waals surface area contributed by atoms with E-state index in [1.54, 1.807) is 0 Å². The van der Waals surface area contributed by atoms with Crippen molar-refractivity contribution in [3.8, 4) is 0 Å². The summed E-state index contributed by atoms with van der Waals surface area (Å²) < 4.78 is 0. The molecule has 0 saturated heterocycles. The number of H-pyrrole nitrogens is 1. The number of nitrogens with one attached hydrogen (secondary N) is 2. The van der Waals surface area contributed by atoms with E-state index in [1.165, 1.54) is 0 Å². The summed E-state index contributed by atoms with van der Waals surface area (Å²) in [5, 5.41) is 4.17. The summed E-state index contributed by atoms with van der Waals surface area (Å²) >= 11 is 0. The number of likely N-dealkylation sites (N-methyl/N-ethyl adjacent to an activating group) is 1. The van der Waals surface area contributed by atoms with Crippen LogP contribution >= 0.6 is 0 Å². The van der Waals surface area contributed by atoms with E-state index in [9.17, 15) is 4.79 Å². The third-order valence-corrected chi connectivity index (χ3v) is 3.79. The average Bonchev–Trinajstić information content (AvgIpc) is 2.89. The largest absolute Gasteiger partial charge is 0.361 e. The van der Waals surface area contributed by atoms with Crippen LogP contribution in [0.3, 0.4) is 0 Å². The van der Waals surface area contributed by atoms with E-state index in [4.69, 9.17) is 0 Å². The SMILES string of the molecule is CC(C)CC(CNC(=O)c1ccc2cc[nH]c2c1)N(C)C. The zero-order valence-corrected chi connectivity index (χ0v) is 13.3. The smallest absolute Gasteiger partial charge is 0.251 e. The van der Waals surface area contributed by atoms with Crippen molar-refractivity contribution in [2.45, 2.75) is 26.3 Å². The van der Waals surface area contributed by atoms with E-state index in [1.807, 2.05) is 30.5 Å². The molecule has 0 aliphatic carbocycles. The maximum atomic E-state index is 12.3. The van der Waals surface area contributed by atoms with Crippen LogP contribution in [-0.4, -0.2) is 42.5 Å². The van der Waals surface area contributed by atoms with Gasteiger partial charge in [-0.2, -0.15) is 0 Å². The number of nitrogens with zero attached hydrogens (tertiary/aromatic N) is 1. The fourth-order valence-corrected chi connectivity index (χ4v) is 2.52. The number of carbonyl (C=O) groups excluding carboxylic acids is 1. The Hall–Kier alpha value is -1.81. The zero-order chi connectivity index (χ0) is 15.4. The van der Waals surface area contributed by atoms with E-state index in [0.717, 1.165) is 17.3 Å². The van der Waals surface area contributed by atoms with Gasteiger partial charge in [-0.15, -0.1) is 0 Å². The Morgan fingerprint density at radius 2 is 2.05 bits per heavy atom. The average molecular weight is 287 g/mol. The number of aromatic amines is 1. The fourth-order valence-electron chi connectivity index (χ4n) is 2.52. The van der Waals surface area contributed by atoms with Gasteiger partial charge in [0, 0.05) is 29.9 Å². The number of hydrogen-bond acceptors (Lipinski definition) is 2. The summed E-state index contributed by atoms with van der Waals surface area (Å²) in [7, 11) is 4.12. The monoisotopic (exact) mass is 287 g/mol. The minimum Gasteiger partial charge on any atom is -0.361 e. The van der Waals surface area contributed by atoms with E-state index in [-0.39, 0.29) is 5.91 Å². The molecule has 114 valence electrons. The number of fused-ring (bicyclic) bond motifs is 1. The van der Waals surface area contributed by atoms with Gasteiger partial charge in [-0.05, 0) is 50.0 Å². The van der Waals surface area contributed by atoms with Crippen molar-refractivity contribution >= 4 is 16.8 Å². The van der Waals surface area contributed by atoms with E-state index in [0.29, 0.717) is 24.1 Å². The Morgan fingerprint density at radius 1 is 1.29 bits per heavy atom. The van der Waals surface area contributed by atoms with Crippen LogP contribution < -0.4 is 5.32 Å². The van der Waals surface area contributed by atoms with Crippen molar-refractivity contribution in [1.29, 1.82) is 0 Å². The molecule has 1 aromatic carbocycles. The Kier molecular flexibility index (Phi) is 5.02. The summed E-state index contributed by atoms with van der Waals surface area (Å²) in [6, 6.07) is 8.11. The molecule has 4 nitrogen and oxygen atoms in total. The first-order valence-electron chi connectivity index (χ1n) is 7.49. The molecular weight excluding hydrogens is 262 g/mol. The minimum absolute atomic E-state index is 0.0119. The van der Waals surface area contributed by atoms with Gasteiger partial charge < -0.3 is 15.2 Å². The Balaban J connectivity index is 1.99. The summed E-state index contributed by atoms with van der Waals surface area (Å²) in [4.78, 5) is 17.6. The van der Waals surface area contributed by atoms with Gasteiger partial charge in [0.15, 0.2) is 0 Å². The standard InChI is InChI=1S/C17H25N3O/c1-12(2)9-15(20(3)4)11-19-17(21)14-6-5-13-7-8-18-16(13)10-14/h5-8,10,12,15,18H,9,11H2,1-4H3,(H,19,21). The number of benzene rings is 1. The second-order valence-corrected chi connectivity index (χ2v) is 6.24. The van der Waals surface area contributed by atoms with Crippen LogP contribution in [0.5, 0.6) is 0 Å². The summed E-state index contributed by atoms with van der Waals surface area (Å²) in [5.41, 5.74) is 1.70. The molecule has 4 heteroatoms. The predicted molar refractivity (Wildman–Crippen MR) is 87.6 cm³/mol. The summed E-state index contributed by atoms with van der Waals surface area (Å²) in [6.45, 7) is 5.09. The van der Waals surface area contributed by atoms with Gasteiger partial charge in [0.25, 0.3) is 5.91 Å². The molecule has 0 radical (unpaired) electrons. The molecule has 1 aromatic heterocycles. The second-order valence-electron chi connectivity index (χ2n) is 6.24. The Bertz CT molecular complexity index is 601. The summed E-state index contributed by atoms with van der Waals surface area (Å²) in [6.07, 6.45) is 2.96. The molecule has 1 unspecified atom stereocenters. The molecule has 0 aliphatic rings. The van der Waals surface area contributed by atoms with Crippen molar-refractivity contribution < 1.29 is 4.79 Å². The first-order chi connectivity index (χ1) is 9.97. The topological polar surface area (TPSA) is 48.1 Å². The van der Waals surface area contributed by atoms with Gasteiger partial charge in [0.05, 0.1) is 0 Å². The van der Waals surface area contributed by atoms with E-state index < -0.39 is 0 Å². The van der Waals surface area contributed by atoms with Crippen LogP contribution in [0.25, 0.3) is 10.9 Å². The highest BCUT2D eigenvalue weighted by molar-refractivity contribution is 5.97. The van der Waals surface area contributed by atoms with Crippen LogP contribution in [0.4, 0.5) is 0 Å². The van der Waals surface area contributed by atoms with Crippen LogP contribution in [0.15, 0.2) is 30.5 Å². The van der Waals surface area contributed by atoms with Gasteiger partial charge in [-0.1, -0.05) is 19.9 Å². The molecule has 21 heavy (non-hydrogen) atoms. The molecule has 2 aromatic rings. The molecule has 2 rings (SSSR count). The molecule has 0 fully saturated rings. The quantitative estimate of drug-likeness (QED) is 0.858. The molecule has 0 spiro atoms. The second kappa shape index (κ2) is 6.76. The van der Waals surface area contributed by atoms with Crippen molar-refractivity contribution in [2.75, 3.05) is 20.6 Å². The lowest BCUT2D eigenvalue weighted by atomic mass is 10.0. The molecular formula is C17H25N3O. The number of amides is 1. The fraction of sp³-hybridized carbons (Fsp3) is 0.471. The van der Waals surface area contributed by atoms with Gasteiger partial charge in [0.2, 0.25) is 0 Å². The third-order valence-electron chi connectivity index (χ3n) is 3.79. The zero-order valence-electron chi connectivity index (χ0n) is 13.3. The Morgan fingerprint density at radius 3 is 2.71 bits per heavy atom. The maximum Gasteiger partial charge on any atom is 0.251 e. The molecule has 1 heterocycles. The number of rotatable bonds is 6. The van der Waals surface area contributed by atoms with Gasteiger partial charge in [-0.3, -0.25) is 4.79 Å². The van der Waals surface area contributed by atoms with Crippen molar-refractivity contribution in [3.05, 3.63) is 36.0 Å². The minimum atomic E-state index is -0.0119. The lowest BCUT2D eigenvalue weighted by Crippen LogP contribution is -2.41. The van der Waals surface area contributed by atoms with Crippen molar-refractivity contribution in [1.82, 2.24) is 15.2 Å². The lowest BCUT2D eigenvalue weighted by Gasteiger charge is -2.26. The van der Waals surface area contributed by atoms with Crippen LogP contribution in [0.1, 0.15) is 30.6 Å². The highest BCUT2D eigenvalue weighted by Crippen LogP contribution is 2.14. The van der Waals surface area contributed by atoms with Crippen molar-refractivity contribution in [3.63, 3.8) is 0 Å². The lowest BCUT2D eigenvalue weighted by molar-refractivity contribution is 0.0938. The molecule has 0 aliphatic heterocycles. The Labute approximate surface area is 126 Å². The normalized spacial score (nSPS) is 13.0. The molecule has 1 amide bonds. The van der Waals surface area contributed by atoms with Gasteiger partial charge in [0.1, 0.15) is 0 Å². The number of hydrogen-bond donors (Lipinski definition) is 2. The molecule has 0 bridgehead atoms. The van der Waals surface area contributed by atoms with Gasteiger partial charge in [-0.25, -0.2) is 0 Å². The highest BCUT2D eigenvalue weighted by atomic mass is 16.1. The first-order valence-corrected chi connectivity index (χ1v) is 7.49. The first kappa shape index (κ1) is 15.6. The van der Waals surface area contributed by atoms with E-state index in [2.05, 4.69) is 43.1 Å². The van der Waals surface area contributed by atoms with Crippen LogP contribution in [0, 0.1) is 5.92 Å². The molecule has 1 atom stereocenters. The number of aromatic nitrogens is 1. The van der Waals surface area contributed by atoms with Gasteiger partial charge >= 0.3 is 0 Å². The maximum absolute atomic E-state index is 12.3.